The van der Waals surface area contributed by atoms with Gasteiger partial charge in [0.05, 0.1) is 5.56 Å². The number of benzene rings is 2. The molecule has 19 heavy (non-hydrogen) atoms. The van der Waals surface area contributed by atoms with Crippen LogP contribution in [0, 0.1) is 0 Å². The summed E-state index contributed by atoms with van der Waals surface area (Å²) in [6, 6.07) is 8.99. The molecule has 0 fully saturated rings. The van der Waals surface area contributed by atoms with Crippen LogP contribution in [-0.2, 0) is 0 Å². The van der Waals surface area contributed by atoms with Crippen LogP contribution in [0.3, 0.4) is 0 Å². The third-order valence-electron chi connectivity index (χ3n) is 2.95. The van der Waals surface area contributed by atoms with E-state index in [1.807, 2.05) is 18.2 Å². The Hall–Kier alpha value is -0.940. The van der Waals surface area contributed by atoms with Gasteiger partial charge in [0.25, 0.3) is 0 Å². The van der Waals surface area contributed by atoms with Gasteiger partial charge in [0.1, 0.15) is 0 Å². The fourth-order valence-corrected chi connectivity index (χ4v) is 2.68. The number of hydrogen-bond donors (Lipinski definition) is 1. The third kappa shape index (κ3) is 2.54. The average Bonchev–Trinajstić information content (AvgIpc) is 2.38. The SMILES string of the molecule is O=C(O)c1ccc2c(c1)cc(Br)c1ccncc12.[H-].[Na+]. The molecule has 0 amide bonds. The normalized spacial score (nSPS) is 10.4. The van der Waals surface area contributed by atoms with Gasteiger partial charge >= 0.3 is 35.5 Å². The average molecular weight is 326 g/mol. The summed E-state index contributed by atoms with van der Waals surface area (Å²) >= 11 is 3.50. The van der Waals surface area contributed by atoms with Crippen molar-refractivity contribution in [1.82, 2.24) is 4.98 Å². The Kier molecular flexibility index (Phi) is 4.26. The second-order valence-corrected chi connectivity index (χ2v) is 4.88. The van der Waals surface area contributed by atoms with E-state index in [9.17, 15) is 4.79 Å². The van der Waals surface area contributed by atoms with Gasteiger partial charge in [-0.1, -0.05) is 22.0 Å². The molecule has 0 aliphatic rings. The zero-order valence-electron chi connectivity index (χ0n) is 11.2. The minimum Gasteiger partial charge on any atom is -1.00 e. The van der Waals surface area contributed by atoms with Gasteiger partial charge in [0, 0.05) is 22.3 Å². The number of aromatic carboxylic acids is 1. The number of hydrogen-bond acceptors (Lipinski definition) is 2. The first-order valence-corrected chi connectivity index (χ1v) is 6.15. The fraction of sp³-hybridized carbons (Fsp3) is 0. The first-order chi connectivity index (χ1) is 8.66. The summed E-state index contributed by atoms with van der Waals surface area (Å²) < 4.78 is 0.940. The zero-order chi connectivity index (χ0) is 12.7. The van der Waals surface area contributed by atoms with E-state index in [1.54, 1.807) is 24.5 Å². The van der Waals surface area contributed by atoms with Crippen molar-refractivity contribution in [2.24, 2.45) is 0 Å². The quantitative estimate of drug-likeness (QED) is 0.535. The Morgan fingerprint density at radius 1 is 1.16 bits per heavy atom. The van der Waals surface area contributed by atoms with Crippen molar-refractivity contribution in [2.75, 3.05) is 0 Å². The van der Waals surface area contributed by atoms with E-state index in [2.05, 4.69) is 20.9 Å². The van der Waals surface area contributed by atoms with Gasteiger partial charge in [0.2, 0.25) is 0 Å². The molecule has 3 aromatic rings. The molecule has 2 aromatic carbocycles. The summed E-state index contributed by atoms with van der Waals surface area (Å²) in [4.78, 5) is 15.1. The summed E-state index contributed by atoms with van der Waals surface area (Å²) in [6.07, 6.45) is 3.54. The van der Waals surface area contributed by atoms with Crippen LogP contribution in [0.25, 0.3) is 21.5 Å². The molecule has 3 rings (SSSR count). The van der Waals surface area contributed by atoms with Gasteiger partial charge in [-0.3, -0.25) is 4.98 Å². The molecule has 0 bridgehead atoms. The monoisotopic (exact) mass is 325 g/mol. The molecule has 0 aliphatic heterocycles. The van der Waals surface area contributed by atoms with Crippen LogP contribution < -0.4 is 29.6 Å². The predicted molar refractivity (Wildman–Crippen MR) is 75.0 cm³/mol. The molecule has 1 aromatic heterocycles. The van der Waals surface area contributed by atoms with E-state index >= 15 is 0 Å². The molecule has 0 radical (unpaired) electrons. The van der Waals surface area contributed by atoms with Gasteiger partial charge < -0.3 is 6.53 Å². The molecule has 5 heteroatoms. The van der Waals surface area contributed by atoms with Crippen LogP contribution in [0.5, 0.6) is 0 Å². The van der Waals surface area contributed by atoms with E-state index < -0.39 is 5.97 Å². The van der Waals surface area contributed by atoms with Crippen molar-refractivity contribution < 1.29 is 40.9 Å². The van der Waals surface area contributed by atoms with Crippen LogP contribution >= 0.6 is 15.9 Å². The second kappa shape index (κ2) is 5.59. The van der Waals surface area contributed by atoms with Crippen LogP contribution in [0.1, 0.15) is 11.8 Å². The Balaban J connectivity index is 0.000001000. The van der Waals surface area contributed by atoms with Crippen molar-refractivity contribution in [2.45, 2.75) is 0 Å². The molecule has 90 valence electrons. The Morgan fingerprint density at radius 2 is 1.95 bits per heavy atom. The molecule has 1 N–H and O–H groups in total. The first kappa shape index (κ1) is 14.5. The number of nitrogens with zero attached hydrogens (tertiary/aromatic N) is 1. The topological polar surface area (TPSA) is 50.2 Å². The van der Waals surface area contributed by atoms with E-state index in [0.29, 0.717) is 0 Å². The second-order valence-electron chi connectivity index (χ2n) is 4.02. The Labute approximate surface area is 141 Å². The minimum absolute atomic E-state index is 0. The van der Waals surface area contributed by atoms with Crippen LogP contribution in [0.15, 0.2) is 47.2 Å². The van der Waals surface area contributed by atoms with Crippen molar-refractivity contribution in [3.63, 3.8) is 0 Å². The molecular weight excluding hydrogens is 317 g/mol. The van der Waals surface area contributed by atoms with E-state index in [1.165, 1.54) is 0 Å². The molecule has 0 saturated carbocycles. The van der Waals surface area contributed by atoms with Crippen molar-refractivity contribution >= 4 is 43.4 Å². The van der Waals surface area contributed by atoms with E-state index in [0.717, 1.165) is 26.0 Å². The van der Waals surface area contributed by atoms with Gasteiger partial charge in [-0.2, -0.15) is 0 Å². The summed E-state index contributed by atoms with van der Waals surface area (Å²) in [7, 11) is 0. The van der Waals surface area contributed by atoms with Crippen LogP contribution in [0.4, 0.5) is 0 Å². The van der Waals surface area contributed by atoms with Crippen molar-refractivity contribution in [3.05, 3.63) is 52.8 Å². The molecule has 3 nitrogen and oxygen atoms in total. The molecular formula is C14H9BrNNaO2. The number of carboxylic acids is 1. The molecule has 0 aliphatic carbocycles. The van der Waals surface area contributed by atoms with Crippen LogP contribution in [0.2, 0.25) is 0 Å². The largest absolute Gasteiger partial charge is 1.00 e. The summed E-state index contributed by atoms with van der Waals surface area (Å²) in [6.45, 7) is 0. The molecule has 0 unspecified atom stereocenters. The van der Waals surface area contributed by atoms with Gasteiger partial charge in [-0.25, -0.2) is 4.79 Å². The first-order valence-electron chi connectivity index (χ1n) is 5.36. The standard InChI is InChI=1S/C14H8BrNO2.Na.H/c15-13-6-9-5-8(14(17)18)1-2-10(9)12-7-16-4-3-11(12)13;;/h1-7H,(H,17,18);;/q;+1;-1. The maximum absolute atomic E-state index is 11.0. The Bertz CT molecular complexity index is 795. The number of carbonyl (C=O) groups is 1. The summed E-state index contributed by atoms with van der Waals surface area (Å²) in [5.41, 5.74) is 0.289. The molecule has 0 saturated heterocycles. The predicted octanol–water partition coefficient (Wildman–Crippen LogP) is 0.965. The summed E-state index contributed by atoms with van der Waals surface area (Å²) in [5.74, 6) is -0.917. The minimum atomic E-state index is -0.917. The molecule has 0 atom stereocenters. The number of fused-ring (bicyclic) bond motifs is 3. The number of carboxylic acid groups (broad SMARTS) is 1. The number of halogens is 1. The van der Waals surface area contributed by atoms with Crippen molar-refractivity contribution in [1.29, 1.82) is 0 Å². The maximum Gasteiger partial charge on any atom is 1.00 e. The van der Waals surface area contributed by atoms with Gasteiger partial charge in [-0.15, -0.1) is 0 Å². The van der Waals surface area contributed by atoms with Gasteiger partial charge in [-0.05, 0) is 40.4 Å². The Morgan fingerprint density at radius 3 is 2.68 bits per heavy atom. The smallest absolute Gasteiger partial charge is 1.00 e. The van der Waals surface area contributed by atoms with E-state index in [4.69, 9.17) is 5.11 Å². The van der Waals surface area contributed by atoms with Crippen LogP contribution in [-0.4, -0.2) is 16.1 Å². The molecule has 1 heterocycles. The van der Waals surface area contributed by atoms with Crippen molar-refractivity contribution in [3.8, 4) is 0 Å². The number of rotatable bonds is 1. The zero-order valence-corrected chi connectivity index (χ0v) is 13.8. The number of pyridine rings is 1. The van der Waals surface area contributed by atoms with E-state index in [-0.39, 0.29) is 36.5 Å². The summed E-state index contributed by atoms with van der Waals surface area (Å²) in [5, 5.41) is 13.0. The third-order valence-corrected chi connectivity index (χ3v) is 3.61. The number of aromatic nitrogens is 1. The maximum atomic E-state index is 11.0. The molecule has 0 spiro atoms. The fourth-order valence-electron chi connectivity index (χ4n) is 2.09. The van der Waals surface area contributed by atoms with Gasteiger partial charge in [0.15, 0.2) is 0 Å².